The van der Waals surface area contributed by atoms with Crippen LogP contribution in [0.25, 0.3) is 0 Å². The second kappa shape index (κ2) is 6.24. The Balaban J connectivity index is 1.94. The van der Waals surface area contributed by atoms with E-state index in [0.29, 0.717) is 24.3 Å². The molecule has 0 bridgehead atoms. The molecule has 104 valence electrons. The van der Waals surface area contributed by atoms with Crippen LogP contribution in [0.3, 0.4) is 0 Å². The van der Waals surface area contributed by atoms with E-state index >= 15 is 0 Å². The number of alkyl halides is 1. The van der Waals surface area contributed by atoms with Crippen molar-refractivity contribution >= 4 is 17.5 Å². The van der Waals surface area contributed by atoms with Crippen molar-refractivity contribution in [2.24, 2.45) is 11.8 Å². The number of carbonyl (C=O) groups is 1. The number of hydrogen-bond donors (Lipinski definition) is 2. The number of halogens is 2. The second-order valence-corrected chi connectivity index (χ2v) is 5.29. The van der Waals surface area contributed by atoms with Gasteiger partial charge in [0.2, 0.25) is 0 Å². The van der Waals surface area contributed by atoms with Crippen LogP contribution in [0.1, 0.15) is 29.6 Å². The molecule has 1 saturated carbocycles. The van der Waals surface area contributed by atoms with Crippen molar-refractivity contribution in [3.8, 4) is 5.75 Å². The SMILES string of the molecule is O=C(NCC1CCCC1CCl)c1ccc(F)cc1O. The van der Waals surface area contributed by atoms with Crippen LogP contribution in [0.4, 0.5) is 4.39 Å². The van der Waals surface area contributed by atoms with Crippen LogP contribution >= 0.6 is 11.6 Å². The summed E-state index contributed by atoms with van der Waals surface area (Å²) in [5.41, 5.74) is 0.0989. The van der Waals surface area contributed by atoms with E-state index in [-0.39, 0.29) is 17.2 Å². The van der Waals surface area contributed by atoms with Crippen molar-refractivity contribution in [1.82, 2.24) is 5.32 Å². The summed E-state index contributed by atoms with van der Waals surface area (Å²) in [6.07, 6.45) is 3.30. The number of phenolic OH excluding ortho intramolecular Hbond substituents is 1. The molecule has 1 aromatic rings. The number of amides is 1. The van der Waals surface area contributed by atoms with E-state index in [9.17, 15) is 14.3 Å². The minimum Gasteiger partial charge on any atom is -0.507 e. The molecule has 3 nitrogen and oxygen atoms in total. The standard InChI is InChI=1S/C14H17ClFNO2/c15-7-9-2-1-3-10(9)8-17-14(19)12-5-4-11(16)6-13(12)18/h4-6,9-10,18H,1-3,7-8H2,(H,17,19). The van der Waals surface area contributed by atoms with Crippen molar-refractivity contribution in [3.63, 3.8) is 0 Å². The summed E-state index contributed by atoms with van der Waals surface area (Å²) in [5, 5.41) is 12.3. The largest absolute Gasteiger partial charge is 0.507 e. The lowest BCUT2D eigenvalue weighted by Crippen LogP contribution is -2.31. The van der Waals surface area contributed by atoms with Crippen LogP contribution in [-0.4, -0.2) is 23.4 Å². The molecule has 1 aliphatic carbocycles. The number of phenols is 1. The maximum Gasteiger partial charge on any atom is 0.255 e. The van der Waals surface area contributed by atoms with Gasteiger partial charge >= 0.3 is 0 Å². The maximum atomic E-state index is 12.8. The lowest BCUT2D eigenvalue weighted by molar-refractivity contribution is 0.0942. The molecule has 1 aliphatic rings. The quantitative estimate of drug-likeness (QED) is 0.836. The fraction of sp³-hybridized carbons (Fsp3) is 0.500. The third kappa shape index (κ3) is 3.38. The Labute approximate surface area is 116 Å². The molecule has 1 aromatic carbocycles. The van der Waals surface area contributed by atoms with E-state index in [4.69, 9.17) is 11.6 Å². The van der Waals surface area contributed by atoms with Gasteiger partial charge in [-0.15, -0.1) is 11.6 Å². The first kappa shape index (κ1) is 14.1. The summed E-state index contributed by atoms with van der Waals surface area (Å²) in [6, 6.07) is 3.38. The highest BCUT2D eigenvalue weighted by Gasteiger charge is 2.26. The second-order valence-electron chi connectivity index (χ2n) is 4.98. The first-order valence-corrected chi connectivity index (χ1v) is 6.98. The number of aromatic hydroxyl groups is 1. The highest BCUT2D eigenvalue weighted by atomic mass is 35.5. The highest BCUT2D eigenvalue weighted by molar-refractivity contribution is 6.18. The third-order valence-electron chi connectivity index (χ3n) is 3.74. The van der Waals surface area contributed by atoms with Gasteiger partial charge in [-0.1, -0.05) is 6.42 Å². The summed E-state index contributed by atoms with van der Waals surface area (Å²) in [6.45, 7) is 0.549. The van der Waals surface area contributed by atoms with Crippen LogP contribution in [-0.2, 0) is 0 Å². The van der Waals surface area contributed by atoms with Gasteiger partial charge in [0.15, 0.2) is 0 Å². The molecule has 2 unspecified atom stereocenters. The molecule has 0 spiro atoms. The highest BCUT2D eigenvalue weighted by Crippen LogP contribution is 2.32. The maximum absolute atomic E-state index is 12.8. The molecule has 0 aliphatic heterocycles. The molecule has 1 amide bonds. The van der Waals surface area contributed by atoms with E-state index in [2.05, 4.69) is 5.32 Å². The Kier molecular flexibility index (Phi) is 4.64. The Hall–Kier alpha value is -1.29. The number of hydrogen-bond acceptors (Lipinski definition) is 2. The predicted molar refractivity (Wildman–Crippen MR) is 71.9 cm³/mol. The monoisotopic (exact) mass is 285 g/mol. The summed E-state index contributed by atoms with van der Waals surface area (Å²) in [4.78, 5) is 11.9. The van der Waals surface area contributed by atoms with Crippen LogP contribution in [0.15, 0.2) is 18.2 Å². The van der Waals surface area contributed by atoms with Gasteiger partial charge in [-0.05, 0) is 36.8 Å². The zero-order valence-corrected chi connectivity index (χ0v) is 11.3. The number of nitrogens with one attached hydrogen (secondary N) is 1. The molecule has 2 atom stereocenters. The average Bonchev–Trinajstić information content (AvgIpc) is 2.83. The van der Waals surface area contributed by atoms with E-state index in [1.807, 2.05) is 0 Å². The summed E-state index contributed by atoms with van der Waals surface area (Å²) in [7, 11) is 0. The van der Waals surface area contributed by atoms with Crippen LogP contribution < -0.4 is 5.32 Å². The molecule has 19 heavy (non-hydrogen) atoms. The minimum atomic E-state index is -0.563. The summed E-state index contributed by atoms with van der Waals surface area (Å²) < 4.78 is 12.8. The van der Waals surface area contributed by atoms with E-state index in [0.717, 1.165) is 31.4 Å². The minimum absolute atomic E-state index is 0.0989. The molecule has 5 heteroatoms. The Morgan fingerprint density at radius 1 is 1.42 bits per heavy atom. The average molecular weight is 286 g/mol. The predicted octanol–water partition coefficient (Wildman–Crippen LogP) is 2.92. The fourth-order valence-corrected chi connectivity index (χ4v) is 3.01. The van der Waals surface area contributed by atoms with E-state index < -0.39 is 5.82 Å². The van der Waals surface area contributed by atoms with Crippen molar-refractivity contribution in [1.29, 1.82) is 0 Å². The van der Waals surface area contributed by atoms with Gasteiger partial charge < -0.3 is 10.4 Å². The van der Waals surface area contributed by atoms with Crippen molar-refractivity contribution < 1.29 is 14.3 Å². The lowest BCUT2D eigenvalue weighted by atomic mass is 9.98. The molecule has 0 aromatic heterocycles. The van der Waals surface area contributed by atoms with Gasteiger partial charge in [-0.2, -0.15) is 0 Å². The number of rotatable bonds is 4. The zero-order valence-electron chi connectivity index (χ0n) is 10.5. The third-order valence-corrected chi connectivity index (χ3v) is 4.14. The van der Waals surface area contributed by atoms with E-state index in [1.54, 1.807) is 0 Å². The molecule has 0 saturated heterocycles. The van der Waals surface area contributed by atoms with Crippen molar-refractivity contribution in [3.05, 3.63) is 29.6 Å². The number of carbonyl (C=O) groups excluding carboxylic acids is 1. The molecule has 0 radical (unpaired) electrons. The van der Waals surface area contributed by atoms with Crippen LogP contribution in [0.5, 0.6) is 5.75 Å². The fourth-order valence-electron chi connectivity index (χ4n) is 2.60. The summed E-state index contributed by atoms with van der Waals surface area (Å²) in [5.74, 6) is 0.179. The smallest absolute Gasteiger partial charge is 0.255 e. The van der Waals surface area contributed by atoms with Gasteiger partial charge in [0.05, 0.1) is 5.56 Å². The summed E-state index contributed by atoms with van der Waals surface area (Å²) >= 11 is 5.88. The molecular weight excluding hydrogens is 269 g/mol. The van der Waals surface area contributed by atoms with Gasteiger partial charge in [-0.3, -0.25) is 4.79 Å². The van der Waals surface area contributed by atoms with Gasteiger partial charge in [0.25, 0.3) is 5.91 Å². The topological polar surface area (TPSA) is 49.3 Å². The Morgan fingerprint density at radius 2 is 2.16 bits per heavy atom. The zero-order chi connectivity index (χ0) is 13.8. The van der Waals surface area contributed by atoms with Gasteiger partial charge in [-0.25, -0.2) is 4.39 Å². The lowest BCUT2D eigenvalue weighted by Gasteiger charge is -2.17. The van der Waals surface area contributed by atoms with Crippen LogP contribution in [0, 0.1) is 17.7 Å². The molecule has 0 heterocycles. The molecular formula is C14H17ClFNO2. The van der Waals surface area contributed by atoms with E-state index in [1.165, 1.54) is 6.07 Å². The molecule has 2 N–H and O–H groups in total. The first-order chi connectivity index (χ1) is 9.11. The molecule has 2 rings (SSSR count). The normalized spacial score (nSPS) is 22.4. The first-order valence-electron chi connectivity index (χ1n) is 6.44. The Bertz CT molecular complexity index is 467. The van der Waals surface area contributed by atoms with Crippen molar-refractivity contribution in [2.75, 3.05) is 12.4 Å². The van der Waals surface area contributed by atoms with Crippen LogP contribution in [0.2, 0.25) is 0 Å². The number of benzene rings is 1. The Morgan fingerprint density at radius 3 is 2.84 bits per heavy atom. The van der Waals surface area contributed by atoms with Gasteiger partial charge in [0, 0.05) is 18.5 Å². The van der Waals surface area contributed by atoms with Gasteiger partial charge in [0.1, 0.15) is 11.6 Å². The molecule has 1 fully saturated rings. The van der Waals surface area contributed by atoms with Crippen molar-refractivity contribution in [2.45, 2.75) is 19.3 Å².